The van der Waals surface area contributed by atoms with Gasteiger partial charge in [0.15, 0.2) is 0 Å². The molecular weight excluding hydrogens is 272 g/mol. The van der Waals surface area contributed by atoms with E-state index in [4.69, 9.17) is 4.74 Å². The van der Waals surface area contributed by atoms with Crippen LogP contribution in [-0.4, -0.2) is 23.4 Å². The summed E-state index contributed by atoms with van der Waals surface area (Å²) < 4.78 is 5.83. The zero-order valence-electron chi connectivity index (χ0n) is 14.3. The van der Waals surface area contributed by atoms with Gasteiger partial charge in [-0.25, -0.2) is 0 Å². The first-order valence-corrected chi connectivity index (χ1v) is 9.79. The van der Waals surface area contributed by atoms with Gasteiger partial charge in [0.25, 0.3) is 0 Å². The molecule has 124 valence electrons. The highest BCUT2D eigenvalue weighted by Crippen LogP contribution is 2.67. The standard InChI is InChI=1S/C20H32O2/c1-18-9-10-20(12-22-20)11-13(18)3-4-14-15-5-6-17(21)19(15,2)8-7-16(14)18/h13-17,21H,3-12H2,1-2H3/t13-,14-,15-,16-,17-,18-,19-,20-/m0/s1. The van der Waals surface area contributed by atoms with Gasteiger partial charge in [0, 0.05) is 0 Å². The van der Waals surface area contributed by atoms with Crippen molar-refractivity contribution in [2.24, 2.45) is 34.5 Å². The van der Waals surface area contributed by atoms with Crippen LogP contribution < -0.4 is 0 Å². The third-order valence-electron chi connectivity index (χ3n) is 9.31. The predicted molar refractivity (Wildman–Crippen MR) is 86.4 cm³/mol. The fraction of sp³-hybridized carbons (Fsp3) is 1.00. The van der Waals surface area contributed by atoms with Crippen molar-refractivity contribution in [2.75, 3.05) is 6.61 Å². The van der Waals surface area contributed by atoms with Crippen LogP contribution in [-0.2, 0) is 4.74 Å². The fourth-order valence-corrected chi connectivity index (χ4v) is 7.64. The number of ether oxygens (including phenoxy) is 1. The fourth-order valence-electron chi connectivity index (χ4n) is 7.64. The van der Waals surface area contributed by atoms with Crippen LogP contribution >= 0.6 is 0 Å². The summed E-state index contributed by atoms with van der Waals surface area (Å²) in [7, 11) is 0. The molecule has 5 rings (SSSR count). The van der Waals surface area contributed by atoms with E-state index >= 15 is 0 Å². The van der Waals surface area contributed by atoms with Crippen molar-refractivity contribution < 1.29 is 9.84 Å². The topological polar surface area (TPSA) is 32.8 Å². The maximum atomic E-state index is 10.5. The molecule has 0 radical (unpaired) electrons. The minimum atomic E-state index is -0.0292. The summed E-state index contributed by atoms with van der Waals surface area (Å²) in [5.41, 5.74) is 1.12. The SMILES string of the molecule is C[C@]12CC[C@@]3(CO3)C[C@@H]1CC[C@@H]1[C@@H]2CC[C@]2(C)[C@@H](O)CC[C@@H]12. The molecule has 1 aliphatic heterocycles. The van der Waals surface area contributed by atoms with Gasteiger partial charge in [-0.3, -0.25) is 0 Å². The van der Waals surface area contributed by atoms with Crippen LogP contribution in [0.15, 0.2) is 0 Å². The Morgan fingerprint density at radius 3 is 2.41 bits per heavy atom. The van der Waals surface area contributed by atoms with E-state index in [1.165, 1.54) is 51.4 Å². The minimum Gasteiger partial charge on any atom is -0.393 e. The molecule has 5 aliphatic rings. The van der Waals surface area contributed by atoms with Crippen molar-refractivity contribution in [2.45, 2.75) is 83.3 Å². The molecule has 1 spiro atoms. The monoisotopic (exact) mass is 304 g/mol. The van der Waals surface area contributed by atoms with Gasteiger partial charge in [0.05, 0.1) is 18.3 Å². The Morgan fingerprint density at radius 2 is 1.64 bits per heavy atom. The maximum Gasteiger partial charge on any atom is 0.0919 e. The van der Waals surface area contributed by atoms with E-state index in [1.54, 1.807) is 0 Å². The lowest BCUT2D eigenvalue weighted by Gasteiger charge is -2.60. The highest BCUT2D eigenvalue weighted by Gasteiger charge is 2.63. The van der Waals surface area contributed by atoms with E-state index in [1.807, 2.05) is 0 Å². The summed E-state index contributed by atoms with van der Waals surface area (Å²) in [4.78, 5) is 0. The molecule has 0 aromatic rings. The van der Waals surface area contributed by atoms with Gasteiger partial charge >= 0.3 is 0 Å². The number of hydrogen-bond acceptors (Lipinski definition) is 2. The Balaban J connectivity index is 1.44. The van der Waals surface area contributed by atoms with E-state index in [9.17, 15) is 5.11 Å². The molecule has 4 aliphatic carbocycles. The highest BCUT2D eigenvalue weighted by molar-refractivity contribution is 5.12. The van der Waals surface area contributed by atoms with Gasteiger partial charge in [-0.05, 0) is 92.3 Å². The molecule has 0 aromatic carbocycles. The van der Waals surface area contributed by atoms with Gasteiger partial charge in [0.2, 0.25) is 0 Å². The molecule has 2 nitrogen and oxygen atoms in total. The quantitative estimate of drug-likeness (QED) is 0.682. The van der Waals surface area contributed by atoms with Crippen molar-refractivity contribution in [1.82, 2.24) is 0 Å². The molecule has 0 bridgehead atoms. The molecule has 8 atom stereocenters. The minimum absolute atomic E-state index is 0.0292. The zero-order valence-corrected chi connectivity index (χ0v) is 14.3. The van der Waals surface area contributed by atoms with E-state index in [0.717, 1.165) is 36.7 Å². The molecule has 4 saturated carbocycles. The summed E-state index contributed by atoms with van der Waals surface area (Å²) >= 11 is 0. The molecular formula is C20H32O2. The second-order valence-corrected chi connectivity index (χ2v) is 9.97. The summed E-state index contributed by atoms with van der Waals surface area (Å²) in [6, 6.07) is 0. The highest BCUT2D eigenvalue weighted by atomic mass is 16.6. The number of aliphatic hydroxyl groups excluding tert-OH is 1. The van der Waals surface area contributed by atoms with E-state index < -0.39 is 0 Å². The van der Waals surface area contributed by atoms with Gasteiger partial charge in [-0.15, -0.1) is 0 Å². The average Bonchev–Trinajstić information content (AvgIpc) is 3.19. The van der Waals surface area contributed by atoms with Crippen LogP contribution in [0.1, 0.15) is 71.6 Å². The van der Waals surface area contributed by atoms with Gasteiger partial charge in [-0.2, -0.15) is 0 Å². The van der Waals surface area contributed by atoms with E-state index in [2.05, 4.69) is 13.8 Å². The first-order valence-electron chi connectivity index (χ1n) is 9.79. The Hall–Kier alpha value is -0.0800. The molecule has 0 unspecified atom stereocenters. The molecule has 5 fully saturated rings. The van der Waals surface area contributed by atoms with Crippen LogP contribution in [0.4, 0.5) is 0 Å². The number of hydrogen-bond donors (Lipinski definition) is 1. The first kappa shape index (κ1) is 14.3. The average molecular weight is 304 g/mol. The van der Waals surface area contributed by atoms with Gasteiger partial charge in [-0.1, -0.05) is 13.8 Å². The Kier molecular flexibility index (Phi) is 2.79. The van der Waals surface area contributed by atoms with E-state index in [0.29, 0.717) is 11.0 Å². The number of rotatable bonds is 0. The van der Waals surface area contributed by atoms with Crippen LogP contribution in [0.5, 0.6) is 0 Å². The summed E-state index contributed by atoms with van der Waals surface area (Å²) in [6.07, 6.45) is 11.8. The third-order valence-corrected chi connectivity index (χ3v) is 9.31. The lowest BCUT2D eigenvalue weighted by atomic mass is 9.44. The number of aliphatic hydroxyl groups is 1. The van der Waals surface area contributed by atoms with Crippen LogP contribution in [0, 0.1) is 34.5 Å². The van der Waals surface area contributed by atoms with E-state index in [-0.39, 0.29) is 11.5 Å². The van der Waals surface area contributed by atoms with Gasteiger partial charge < -0.3 is 9.84 Å². The van der Waals surface area contributed by atoms with Crippen LogP contribution in [0.3, 0.4) is 0 Å². The summed E-state index contributed by atoms with van der Waals surface area (Å²) in [5, 5.41) is 10.5. The van der Waals surface area contributed by atoms with Crippen molar-refractivity contribution in [3.8, 4) is 0 Å². The zero-order chi connectivity index (χ0) is 15.2. The molecule has 22 heavy (non-hydrogen) atoms. The molecule has 1 saturated heterocycles. The van der Waals surface area contributed by atoms with Crippen LogP contribution in [0.2, 0.25) is 0 Å². The molecule has 1 heterocycles. The Labute approximate surface area is 135 Å². The second-order valence-electron chi connectivity index (χ2n) is 9.97. The summed E-state index contributed by atoms with van der Waals surface area (Å²) in [6.45, 7) is 6.06. The lowest BCUT2D eigenvalue weighted by Crippen LogP contribution is -2.54. The Morgan fingerprint density at radius 1 is 0.864 bits per heavy atom. The van der Waals surface area contributed by atoms with Crippen molar-refractivity contribution in [3.05, 3.63) is 0 Å². The Bertz CT molecular complexity index is 484. The first-order chi connectivity index (χ1) is 10.5. The number of epoxide rings is 1. The molecule has 1 N–H and O–H groups in total. The normalized spacial score (nSPS) is 63.1. The maximum absolute atomic E-state index is 10.5. The lowest BCUT2D eigenvalue weighted by molar-refractivity contribution is -0.128. The summed E-state index contributed by atoms with van der Waals surface area (Å²) in [5.74, 6) is 3.52. The van der Waals surface area contributed by atoms with Crippen molar-refractivity contribution >= 4 is 0 Å². The molecule has 0 aromatic heterocycles. The van der Waals surface area contributed by atoms with Gasteiger partial charge in [0.1, 0.15) is 0 Å². The molecule has 2 heteroatoms. The predicted octanol–water partition coefficient (Wildman–Crippen LogP) is 4.16. The molecule has 0 amide bonds. The smallest absolute Gasteiger partial charge is 0.0919 e. The number of fused-ring (bicyclic) bond motifs is 5. The largest absolute Gasteiger partial charge is 0.393 e. The van der Waals surface area contributed by atoms with Crippen LogP contribution in [0.25, 0.3) is 0 Å². The van der Waals surface area contributed by atoms with Crippen molar-refractivity contribution in [3.63, 3.8) is 0 Å². The van der Waals surface area contributed by atoms with Crippen molar-refractivity contribution in [1.29, 1.82) is 0 Å². The second kappa shape index (κ2) is 4.30. The third kappa shape index (κ3) is 1.69.